The highest BCUT2D eigenvalue weighted by Crippen LogP contribution is 2.50. The molecule has 0 aromatic heterocycles. The highest BCUT2D eigenvalue weighted by molar-refractivity contribution is 7.91. The summed E-state index contributed by atoms with van der Waals surface area (Å²) in [6, 6.07) is 9.31. The van der Waals surface area contributed by atoms with Gasteiger partial charge in [0.15, 0.2) is 21.4 Å². The van der Waals surface area contributed by atoms with Gasteiger partial charge in [-0.05, 0) is 72.5 Å². The predicted octanol–water partition coefficient (Wildman–Crippen LogP) is 4.44. The predicted molar refractivity (Wildman–Crippen MR) is 174 cm³/mol. The summed E-state index contributed by atoms with van der Waals surface area (Å²) >= 11 is 0. The Kier molecular flexibility index (Phi) is 10.8. The number of carbonyl (C=O) groups is 4. The summed E-state index contributed by atoms with van der Waals surface area (Å²) in [5.74, 6) is -6.71. The van der Waals surface area contributed by atoms with E-state index in [1.54, 1.807) is 6.92 Å². The number of halogens is 2. The molecule has 1 saturated heterocycles. The topological polar surface area (TPSA) is 194 Å². The first-order valence-electron chi connectivity index (χ1n) is 15.1. The fourth-order valence-corrected chi connectivity index (χ4v) is 7.45. The molecule has 0 aliphatic carbocycles. The van der Waals surface area contributed by atoms with E-state index in [-0.39, 0.29) is 58.3 Å². The van der Waals surface area contributed by atoms with Gasteiger partial charge in [0.05, 0.1) is 41.9 Å². The zero-order valence-corrected chi connectivity index (χ0v) is 27.9. The molecule has 3 atom stereocenters. The second-order valence-corrected chi connectivity index (χ2v) is 13.5. The van der Waals surface area contributed by atoms with E-state index in [1.807, 2.05) is 0 Å². The monoisotopic (exact) mass is 702 g/mol. The quantitative estimate of drug-likeness (QED) is 0.210. The fraction of sp³-hybridized carbons (Fsp3) is 0.333. The number of sulfone groups is 1. The number of carboxylic acid groups (broad SMARTS) is 1. The minimum absolute atomic E-state index is 0.0442. The number of anilines is 2. The Morgan fingerprint density at radius 3 is 2.29 bits per heavy atom. The van der Waals surface area contributed by atoms with E-state index in [4.69, 9.17) is 10.5 Å². The van der Waals surface area contributed by atoms with Crippen molar-refractivity contribution in [3.63, 3.8) is 0 Å². The van der Waals surface area contributed by atoms with Gasteiger partial charge in [-0.25, -0.2) is 22.0 Å². The number of methoxy groups -OCH3 is 2. The molecule has 1 heterocycles. The first kappa shape index (κ1) is 36.6. The number of hydrogen-bond acceptors (Lipinski definition) is 9. The molecule has 3 amide bonds. The van der Waals surface area contributed by atoms with Gasteiger partial charge < -0.3 is 30.5 Å². The average Bonchev–Trinajstić information content (AvgIpc) is 3.48. The third kappa shape index (κ3) is 6.99. The van der Waals surface area contributed by atoms with Crippen molar-refractivity contribution < 1.29 is 51.0 Å². The third-order valence-electron chi connectivity index (χ3n) is 8.69. The standard InChI is InChI=1S/C33H36F2N4O9S/c1-5-33(23-17-20(38-32(44)48-4)9-12-27(23)49(45,46)6-2)22(31(42)43)13-14-39(33)30(41)28(18-7-10-25(35)26(15-18)47-3)37-19-8-11-24(34)21(16-19)29(36)40/h7-12,15-17,22,28,37H,5-6,13-14H2,1-4H3,(H2,36,40)(H,38,44)(H,42,43)/t22-,28-,33-/m1/s1. The van der Waals surface area contributed by atoms with Crippen molar-refractivity contribution >= 4 is 45.1 Å². The molecule has 0 unspecified atom stereocenters. The Morgan fingerprint density at radius 2 is 1.69 bits per heavy atom. The van der Waals surface area contributed by atoms with E-state index in [1.165, 1.54) is 55.3 Å². The Balaban J connectivity index is 1.99. The van der Waals surface area contributed by atoms with Gasteiger partial charge in [0.1, 0.15) is 11.9 Å². The van der Waals surface area contributed by atoms with Gasteiger partial charge in [-0.2, -0.15) is 0 Å². The van der Waals surface area contributed by atoms with Gasteiger partial charge in [-0.15, -0.1) is 0 Å². The van der Waals surface area contributed by atoms with Crippen LogP contribution in [0.5, 0.6) is 5.75 Å². The van der Waals surface area contributed by atoms with Gasteiger partial charge in [0.2, 0.25) is 5.91 Å². The van der Waals surface area contributed by atoms with Gasteiger partial charge in [0.25, 0.3) is 5.91 Å². The van der Waals surface area contributed by atoms with Crippen LogP contribution in [-0.2, 0) is 29.7 Å². The maximum atomic E-state index is 14.9. The van der Waals surface area contributed by atoms with Crippen LogP contribution in [-0.4, -0.2) is 68.8 Å². The van der Waals surface area contributed by atoms with Gasteiger partial charge in [-0.1, -0.05) is 19.9 Å². The Morgan fingerprint density at radius 1 is 1.02 bits per heavy atom. The summed E-state index contributed by atoms with van der Waals surface area (Å²) in [6.45, 7) is 2.86. The molecule has 49 heavy (non-hydrogen) atoms. The second kappa shape index (κ2) is 14.5. The molecule has 0 radical (unpaired) electrons. The Hall–Kier alpha value is -5.25. The number of amides is 3. The molecule has 262 valence electrons. The van der Waals surface area contributed by atoms with E-state index >= 15 is 0 Å². The van der Waals surface area contributed by atoms with E-state index < -0.39 is 68.4 Å². The van der Waals surface area contributed by atoms with E-state index in [0.717, 1.165) is 25.3 Å². The highest BCUT2D eigenvalue weighted by atomic mass is 32.2. The maximum absolute atomic E-state index is 14.9. The molecule has 3 aromatic rings. The molecule has 0 spiro atoms. The average molecular weight is 703 g/mol. The maximum Gasteiger partial charge on any atom is 0.411 e. The molecule has 3 aromatic carbocycles. The molecule has 4 rings (SSSR count). The number of aliphatic carboxylic acids is 1. The number of carbonyl (C=O) groups excluding carboxylic acids is 3. The summed E-state index contributed by atoms with van der Waals surface area (Å²) in [5.41, 5.74) is 3.28. The van der Waals surface area contributed by atoms with Crippen LogP contribution in [0.1, 0.15) is 54.2 Å². The van der Waals surface area contributed by atoms with Crippen LogP contribution < -0.4 is 21.1 Å². The van der Waals surface area contributed by atoms with Crippen LogP contribution in [0.25, 0.3) is 0 Å². The summed E-state index contributed by atoms with van der Waals surface area (Å²) in [7, 11) is -1.70. The van der Waals surface area contributed by atoms with Gasteiger partial charge in [0, 0.05) is 17.9 Å². The molecule has 13 nitrogen and oxygen atoms in total. The number of nitrogens with zero attached hydrogens (tertiary/aromatic N) is 1. The molecular weight excluding hydrogens is 666 g/mol. The normalized spacial score (nSPS) is 18.0. The Bertz CT molecular complexity index is 1910. The summed E-state index contributed by atoms with van der Waals surface area (Å²) in [6.07, 6.45) is -1.05. The van der Waals surface area contributed by atoms with Crippen LogP contribution in [0.4, 0.5) is 25.0 Å². The lowest BCUT2D eigenvalue weighted by atomic mass is 9.76. The van der Waals surface area contributed by atoms with Crippen LogP contribution in [0.15, 0.2) is 59.5 Å². The van der Waals surface area contributed by atoms with Gasteiger partial charge >= 0.3 is 12.1 Å². The van der Waals surface area contributed by atoms with Crippen LogP contribution >= 0.6 is 0 Å². The van der Waals surface area contributed by atoms with Crippen molar-refractivity contribution in [1.82, 2.24) is 4.90 Å². The zero-order valence-electron chi connectivity index (χ0n) is 27.1. The summed E-state index contributed by atoms with van der Waals surface area (Å²) in [5, 5.41) is 15.9. The van der Waals surface area contributed by atoms with Gasteiger partial charge in [-0.3, -0.25) is 19.7 Å². The molecule has 1 aliphatic heterocycles. The zero-order chi connectivity index (χ0) is 36.3. The van der Waals surface area contributed by atoms with Crippen molar-refractivity contribution in [2.24, 2.45) is 11.7 Å². The van der Waals surface area contributed by atoms with Crippen molar-refractivity contribution in [1.29, 1.82) is 0 Å². The molecule has 5 N–H and O–H groups in total. The molecule has 0 saturated carbocycles. The fourth-order valence-electron chi connectivity index (χ4n) is 6.29. The molecule has 1 fully saturated rings. The number of nitrogens with one attached hydrogen (secondary N) is 2. The smallest absolute Gasteiger partial charge is 0.411 e. The van der Waals surface area contributed by atoms with Crippen molar-refractivity contribution in [3.8, 4) is 5.75 Å². The molecular formula is C33H36F2N4O9S. The van der Waals surface area contributed by atoms with Crippen LogP contribution in [0.3, 0.4) is 0 Å². The summed E-state index contributed by atoms with van der Waals surface area (Å²) in [4.78, 5) is 52.9. The highest BCUT2D eigenvalue weighted by Gasteiger charge is 2.56. The largest absolute Gasteiger partial charge is 0.494 e. The van der Waals surface area contributed by atoms with Crippen molar-refractivity contribution in [2.45, 2.75) is 43.2 Å². The number of carboxylic acids is 1. The van der Waals surface area contributed by atoms with E-state index in [9.17, 15) is 41.5 Å². The lowest BCUT2D eigenvalue weighted by Gasteiger charge is -2.43. The lowest BCUT2D eigenvalue weighted by Crippen LogP contribution is -2.52. The minimum Gasteiger partial charge on any atom is -0.494 e. The van der Waals surface area contributed by atoms with Crippen molar-refractivity contribution in [2.75, 3.05) is 37.2 Å². The van der Waals surface area contributed by atoms with E-state index in [0.29, 0.717) is 0 Å². The lowest BCUT2D eigenvalue weighted by molar-refractivity contribution is -0.148. The number of primary amides is 1. The molecule has 1 aliphatic rings. The summed E-state index contributed by atoms with van der Waals surface area (Å²) < 4.78 is 65.7. The van der Waals surface area contributed by atoms with E-state index in [2.05, 4.69) is 15.4 Å². The van der Waals surface area contributed by atoms with Crippen LogP contribution in [0, 0.1) is 17.6 Å². The number of benzene rings is 3. The number of ether oxygens (including phenoxy) is 2. The number of nitrogens with two attached hydrogens (primary N) is 1. The first-order valence-corrected chi connectivity index (χ1v) is 16.8. The van der Waals surface area contributed by atoms with Crippen molar-refractivity contribution in [3.05, 3.63) is 82.9 Å². The number of likely N-dealkylation sites (tertiary alicyclic amines) is 1. The molecule has 0 bridgehead atoms. The first-order chi connectivity index (χ1) is 23.1. The SMILES string of the molecule is CC[C@]1(c2cc(NC(=O)OC)ccc2S(=O)(=O)CC)[C@@H](C(=O)O)CCN1C(=O)[C@H](Nc1ccc(F)c(C(N)=O)c1)c1ccc(F)c(OC)c1. The minimum atomic E-state index is -4.04. The second-order valence-electron chi connectivity index (χ2n) is 11.2. The number of hydrogen-bond donors (Lipinski definition) is 4. The Labute approximate surface area is 281 Å². The third-order valence-corrected chi connectivity index (χ3v) is 10.5. The van der Waals surface area contributed by atoms with Crippen LogP contribution in [0.2, 0.25) is 0 Å². The number of rotatable bonds is 12. The molecule has 16 heteroatoms.